The van der Waals surface area contributed by atoms with Gasteiger partial charge in [0.1, 0.15) is 10.0 Å². The van der Waals surface area contributed by atoms with Crippen LogP contribution in [0, 0.1) is 0 Å². The number of aromatic carboxylic acids is 1. The number of aryl methyl sites for hydroxylation is 1. The number of ketones is 1. The summed E-state index contributed by atoms with van der Waals surface area (Å²) in [7, 11) is 1.56. The predicted molar refractivity (Wildman–Crippen MR) is 70.1 cm³/mol. The Labute approximate surface area is 116 Å². The van der Waals surface area contributed by atoms with Crippen molar-refractivity contribution < 1.29 is 14.7 Å². The minimum absolute atomic E-state index is 0.0378. The van der Waals surface area contributed by atoms with Crippen molar-refractivity contribution in [3.8, 4) is 0 Å². The van der Waals surface area contributed by atoms with Crippen LogP contribution < -0.4 is 0 Å². The lowest BCUT2D eigenvalue weighted by Crippen LogP contribution is -2.02. The van der Waals surface area contributed by atoms with Gasteiger partial charge in [0, 0.05) is 18.8 Å². The number of thiophene rings is 1. The predicted octanol–water partition coefficient (Wildman–Crippen LogP) is 3.32. The lowest BCUT2D eigenvalue weighted by molar-refractivity contribution is 0.0686. The summed E-state index contributed by atoms with van der Waals surface area (Å²) >= 11 is 12.8. The van der Waals surface area contributed by atoms with Crippen LogP contribution in [-0.2, 0) is 7.05 Å². The standard InChI is InChI=1S/C11H7Cl2NO3S/c1-14-4-5(2-7(14)11(16)17)9(15)6-3-8(12)18-10(6)13/h2-4H,1H3,(H,16,17). The molecule has 0 saturated carbocycles. The first-order valence-electron chi connectivity index (χ1n) is 4.79. The summed E-state index contributed by atoms with van der Waals surface area (Å²) in [5.74, 6) is -1.43. The fourth-order valence-corrected chi connectivity index (χ4v) is 3.01. The molecule has 0 saturated heterocycles. The molecule has 2 rings (SSSR count). The van der Waals surface area contributed by atoms with Crippen molar-refractivity contribution in [1.82, 2.24) is 4.57 Å². The molecule has 2 heterocycles. The molecule has 0 aliphatic carbocycles. The molecule has 0 amide bonds. The van der Waals surface area contributed by atoms with Gasteiger partial charge < -0.3 is 9.67 Å². The number of carbonyl (C=O) groups excluding carboxylic acids is 1. The molecule has 1 N–H and O–H groups in total. The van der Waals surface area contributed by atoms with Crippen LogP contribution in [0.1, 0.15) is 26.4 Å². The van der Waals surface area contributed by atoms with E-state index in [0.717, 1.165) is 11.3 Å². The number of carboxylic acids is 1. The Morgan fingerprint density at radius 1 is 1.33 bits per heavy atom. The van der Waals surface area contributed by atoms with E-state index in [2.05, 4.69) is 0 Å². The molecule has 7 heteroatoms. The van der Waals surface area contributed by atoms with Crippen molar-refractivity contribution >= 4 is 46.3 Å². The smallest absolute Gasteiger partial charge is 0.352 e. The van der Waals surface area contributed by atoms with E-state index in [4.69, 9.17) is 28.3 Å². The van der Waals surface area contributed by atoms with Crippen LogP contribution in [0.2, 0.25) is 8.67 Å². The number of rotatable bonds is 3. The van der Waals surface area contributed by atoms with Gasteiger partial charge in [0.15, 0.2) is 5.78 Å². The topological polar surface area (TPSA) is 59.3 Å². The number of hydrogen-bond donors (Lipinski definition) is 1. The number of hydrogen-bond acceptors (Lipinski definition) is 3. The van der Waals surface area contributed by atoms with Gasteiger partial charge in [-0.3, -0.25) is 4.79 Å². The molecule has 0 radical (unpaired) electrons. The van der Waals surface area contributed by atoms with Gasteiger partial charge in [0.2, 0.25) is 0 Å². The lowest BCUT2D eigenvalue weighted by atomic mass is 10.1. The zero-order valence-corrected chi connectivity index (χ0v) is 11.4. The molecular weight excluding hydrogens is 297 g/mol. The molecule has 94 valence electrons. The molecule has 0 fully saturated rings. The first-order valence-corrected chi connectivity index (χ1v) is 6.36. The Kier molecular flexibility index (Phi) is 3.47. The van der Waals surface area contributed by atoms with Crippen LogP contribution in [0.4, 0.5) is 0 Å². The van der Waals surface area contributed by atoms with Crippen molar-refractivity contribution in [3.05, 3.63) is 43.8 Å². The lowest BCUT2D eigenvalue weighted by Gasteiger charge is -1.94. The highest BCUT2D eigenvalue weighted by Gasteiger charge is 2.20. The molecule has 0 bridgehead atoms. The van der Waals surface area contributed by atoms with Crippen LogP contribution in [0.3, 0.4) is 0 Å². The number of carboxylic acid groups (broad SMARTS) is 1. The molecule has 0 spiro atoms. The average molecular weight is 304 g/mol. The maximum Gasteiger partial charge on any atom is 0.352 e. The first kappa shape index (κ1) is 13.1. The number of halogens is 2. The van der Waals surface area contributed by atoms with Gasteiger partial charge in [0.05, 0.1) is 9.90 Å². The molecule has 0 aromatic carbocycles. The van der Waals surface area contributed by atoms with Crippen molar-refractivity contribution in [2.75, 3.05) is 0 Å². The van der Waals surface area contributed by atoms with Gasteiger partial charge in [-0.25, -0.2) is 4.79 Å². The van der Waals surface area contributed by atoms with Gasteiger partial charge in [-0.15, -0.1) is 11.3 Å². The van der Waals surface area contributed by atoms with Crippen LogP contribution in [0.25, 0.3) is 0 Å². The van der Waals surface area contributed by atoms with Crippen LogP contribution >= 0.6 is 34.5 Å². The number of aromatic nitrogens is 1. The Balaban J connectivity index is 2.43. The summed E-state index contributed by atoms with van der Waals surface area (Å²) in [6.07, 6.45) is 1.45. The van der Waals surface area contributed by atoms with E-state index in [1.54, 1.807) is 7.05 Å². The SMILES string of the molecule is Cn1cc(C(=O)c2cc(Cl)sc2Cl)cc1C(=O)O. The van der Waals surface area contributed by atoms with Crippen molar-refractivity contribution in [2.24, 2.45) is 7.05 Å². The third-order valence-electron chi connectivity index (χ3n) is 2.39. The zero-order chi connectivity index (χ0) is 13.4. The van der Waals surface area contributed by atoms with Crippen LogP contribution in [-0.4, -0.2) is 21.4 Å². The van der Waals surface area contributed by atoms with Crippen molar-refractivity contribution in [3.63, 3.8) is 0 Å². The summed E-state index contributed by atoms with van der Waals surface area (Å²) < 4.78 is 2.08. The Bertz CT molecular complexity index is 645. The molecular formula is C11H7Cl2NO3S. The van der Waals surface area contributed by atoms with E-state index in [1.807, 2.05) is 0 Å². The molecule has 18 heavy (non-hydrogen) atoms. The molecule has 0 aliphatic heterocycles. The summed E-state index contributed by atoms with van der Waals surface area (Å²) in [6.45, 7) is 0. The summed E-state index contributed by atoms with van der Waals surface area (Å²) in [6, 6.07) is 2.79. The highest BCUT2D eigenvalue weighted by molar-refractivity contribution is 7.20. The van der Waals surface area contributed by atoms with Crippen molar-refractivity contribution in [1.29, 1.82) is 0 Å². The van der Waals surface area contributed by atoms with Gasteiger partial charge in [-0.05, 0) is 12.1 Å². The highest BCUT2D eigenvalue weighted by Crippen LogP contribution is 2.32. The highest BCUT2D eigenvalue weighted by atomic mass is 35.5. The molecule has 2 aromatic heterocycles. The van der Waals surface area contributed by atoms with Gasteiger partial charge in [0.25, 0.3) is 0 Å². The summed E-state index contributed by atoms with van der Waals surface area (Å²) in [4.78, 5) is 23.0. The third kappa shape index (κ3) is 2.29. The first-order chi connectivity index (χ1) is 8.40. The second-order valence-electron chi connectivity index (χ2n) is 3.60. The maximum atomic E-state index is 12.1. The average Bonchev–Trinajstić information content (AvgIpc) is 2.81. The fraction of sp³-hybridized carbons (Fsp3) is 0.0909. The van der Waals surface area contributed by atoms with E-state index in [9.17, 15) is 9.59 Å². The molecule has 0 unspecified atom stereocenters. The van der Waals surface area contributed by atoms with Crippen molar-refractivity contribution in [2.45, 2.75) is 0 Å². The van der Waals surface area contributed by atoms with E-state index < -0.39 is 5.97 Å². The minimum Gasteiger partial charge on any atom is -0.477 e. The van der Waals surface area contributed by atoms with E-state index in [0.29, 0.717) is 8.67 Å². The Hall–Kier alpha value is -1.30. The van der Waals surface area contributed by atoms with E-state index in [-0.39, 0.29) is 22.6 Å². The van der Waals surface area contributed by atoms with Crippen LogP contribution in [0.5, 0.6) is 0 Å². The summed E-state index contributed by atoms with van der Waals surface area (Å²) in [5, 5.41) is 8.91. The third-order valence-corrected chi connectivity index (χ3v) is 3.88. The van der Waals surface area contributed by atoms with Gasteiger partial charge in [-0.2, -0.15) is 0 Å². The molecule has 0 atom stereocenters. The molecule has 2 aromatic rings. The maximum absolute atomic E-state index is 12.1. The number of nitrogens with zero attached hydrogens (tertiary/aromatic N) is 1. The minimum atomic E-state index is -1.09. The van der Waals surface area contributed by atoms with Gasteiger partial charge in [-0.1, -0.05) is 23.2 Å². The molecule has 4 nitrogen and oxygen atoms in total. The largest absolute Gasteiger partial charge is 0.477 e. The van der Waals surface area contributed by atoms with E-state index >= 15 is 0 Å². The normalized spacial score (nSPS) is 10.6. The quantitative estimate of drug-likeness (QED) is 0.885. The molecule has 0 aliphatic rings. The Morgan fingerprint density at radius 3 is 2.44 bits per heavy atom. The van der Waals surface area contributed by atoms with E-state index in [1.165, 1.54) is 22.9 Å². The summed E-state index contributed by atoms with van der Waals surface area (Å²) in [5.41, 5.74) is 0.594. The van der Waals surface area contributed by atoms with Crippen LogP contribution in [0.15, 0.2) is 18.3 Å². The number of carbonyl (C=O) groups is 2. The monoisotopic (exact) mass is 303 g/mol. The Morgan fingerprint density at radius 2 is 2.00 bits per heavy atom. The van der Waals surface area contributed by atoms with Gasteiger partial charge >= 0.3 is 5.97 Å². The second-order valence-corrected chi connectivity index (χ2v) is 5.88. The fourth-order valence-electron chi connectivity index (χ4n) is 1.55. The zero-order valence-electron chi connectivity index (χ0n) is 9.11. The second kappa shape index (κ2) is 4.76.